The monoisotopic (exact) mass is 349 g/mol. The van der Waals surface area contributed by atoms with Crippen molar-refractivity contribution >= 4 is 17.9 Å². The summed E-state index contributed by atoms with van der Waals surface area (Å²) in [6, 6.07) is 15.4. The normalized spacial score (nSPS) is 15.1. The van der Waals surface area contributed by atoms with E-state index in [1.807, 2.05) is 55.5 Å². The number of rotatable bonds is 7. The number of carbonyl (C=O) groups is 1. The van der Waals surface area contributed by atoms with Crippen LogP contribution in [0.1, 0.15) is 42.9 Å². The molecule has 4 nitrogen and oxygen atoms in total. The van der Waals surface area contributed by atoms with Crippen LogP contribution in [-0.4, -0.2) is 18.5 Å². The van der Waals surface area contributed by atoms with Crippen molar-refractivity contribution in [2.24, 2.45) is 4.99 Å². The van der Waals surface area contributed by atoms with Crippen molar-refractivity contribution in [3.63, 3.8) is 0 Å². The molecule has 0 N–H and O–H groups in total. The highest BCUT2D eigenvalue weighted by atomic mass is 16.6. The SMILES string of the molecule is CCCCCOc1ccccc1/C=C1\N=C(c2ccc(C)cc2)OC1=O. The molecule has 3 rings (SSSR count). The van der Waals surface area contributed by atoms with Crippen LogP contribution in [0.2, 0.25) is 0 Å². The highest BCUT2D eigenvalue weighted by Crippen LogP contribution is 2.25. The molecule has 0 radical (unpaired) electrons. The maximum absolute atomic E-state index is 12.2. The number of cyclic esters (lactones) is 1. The first kappa shape index (κ1) is 17.9. The molecule has 2 aromatic carbocycles. The lowest BCUT2D eigenvalue weighted by Crippen LogP contribution is -2.05. The molecule has 134 valence electrons. The van der Waals surface area contributed by atoms with Gasteiger partial charge in [0.2, 0.25) is 5.90 Å². The number of para-hydroxylation sites is 1. The summed E-state index contributed by atoms with van der Waals surface area (Å²) in [5.74, 6) is 0.645. The Labute approximate surface area is 154 Å². The Bertz CT molecular complexity index is 835. The third-order valence-electron chi connectivity index (χ3n) is 4.14. The molecule has 26 heavy (non-hydrogen) atoms. The number of esters is 1. The van der Waals surface area contributed by atoms with E-state index >= 15 is 0 Å². The summed E-state index contributed by atoms with van der Waals surface area (Å²) in [4.78, 5) is 16.6. The lowest BCUT2D eigenvalue weighted by atomic mass is 10.1. The van der Waals surface area contributed by atoms with E-state index in [2.05, 4.69) is 11.9 Å². The second-order valence-electron chi connectivity index (χ2n) is 6.30. The van der Waals surface area contributed by atoms with Crippen molar-refractivity contribution in [1.82, 2.24) is 0 Å². The maximum Gasteiger partial charge on any atom is 0.363 e. The molecule has 0 saturated heterocycles. The van der Waals surface area contributed by atoms with E-state index in [4.69, 9.17) is 9.47 Å². The highest BCUT2D eigenvalue weighted by molar-refractivity contribution is 6.12. The number of carbonyl (C=O) groups excluding carboxylic acids is 1. The van der Waals surface area contributed by atoms with Gasteiger partial charge in [-0.3, -0.25) is 0 Å². The van der Waals surface area contributed by atoms with E-state index in [0.29, 0.717) is 12.5 Å². The van der Waals surface area contributed by atoms with Gasteiger partial charge in [0, 0.05) is 11.1 Å². The second kappa shape index (κ2) is 8.48. The fraction of sp³-hybridized carbons (Fsp3) is 0.273. The number of nitrogens with zero attached hydrogens (tertiary/aromatic N) is 1. The Kier molecular flexibility index (Phi) is 5.84. The number of hydrogen-bond donors (Lipinski definition) is 0. The van der Waals surface area contributed by atoms with Crippen molar-refractivity contribution < 1.29 is 14.3 Å². The van der Waals surface area contributed by atoms with Gasteiger partial charge in [-0.15, -0.1) is 0 Å². The smallest absolute Gasteiger partial charge is 0.363 e. The van der Waals surface area contributed by atoms with Crippen LogP contribution in [0.25, 0.3) is 6.08 Å². The van der Waals surface area contributed by atoms with Crippen molar-refractivity contribution in [3.8, 4) is 5.75 Å². The summed E-state index contributed by atoms with van der Waals surface area (Å²) in [5, 5.41) is 0. The van der Waals surface area contributed by atoms with Crippen molar-refractivity contribution in [1.29, 1.82) is 0 Å². The van der Waals surface area contributed by atoms with Gasteiger partial charge in [-0.1, -0.05) is 55.7 Å². The minimum absolute atomic E-state index is 0.283. The second-order valence-corrected chi connectivity index (χ2v) is 6.30. The molecule has 1 heterocycles. The standard InChI is InChI=1S/C22H23NO3/c1-3-4-7-14-25-20-9-6-5-8-18(20)15-19-22(24)26-21(23-19)17-12-10-16(2)11-13-17/h5-6,8-13,15H,3-4,7,14H2,1-2H3/b19-15-. The lowest BCUT2D eigenvalue weighted by Gasteiger charge is -2.08. The lowest BCUT2D eigenvalue weighted by molar-refractivity contribution is -0.129. The number of aryl methyl sites for hydroxylation is 1. The fourth-order valence-corrected chi connectivity index (χ4v) is 2.64. The minimum atomic E-state index is -0.443. The van der Waals surface area contributed by atoms with Crippen LogP contribution in [0.15, 0.2) is 59.2 Å². The molecule has 0 unspecified atom stereocenters. The van der Waals surface area contributed by atoms with E-state index in [9.17, 15) is 4.79 Å². The first-order valence-electron chi connectivity index (χ1n) is 8.99. The quantitative estimate of drug-likeness (QED) is 0.405. The van der Waals surface area contributed by atoms with Gasteiger partial charge in [-0.05, 0) is 37.6 Å². The van der Waals surface area contributed by atoms with E-state index in [1.54, 1.807) is 6.08 Å². The zero-order valence-corrected chi connectivity index (χ0v) is 15.2. The van der Waals surface area contributed by atoms with Crippen LogP contribution < -0.4 is 4.74 Å². The van der Waals surface area contributed by atoms with Crippen molar-refractivity contribution in [3.05, 3.63) is 70.9 Å². The number of hydrogen-bond acceptors (Lipinski definition) is 4. The van der Waals surface area contributed by atoms with Gasteiger partial charge in [0.05, 0.1) is 6.61 Å². The first-order valence-corrected chi connectivity index (χ1v) is 8.99. The molecule has 2 aromatic rings. The largest absolute Gasteiger partial charge is 0.493 e. The zero-order valence-electron chi connectivity index (χ0n) is 15.2. The number of ether oxygens (including phenoxy) is 2. The Morgan fingerprint density at radius 3 is 2.62 bits per heavy atom. The number of unbranched alkanes of at least 4 members (excludes halogenated alkanes) is 2. The molecular formula is C22H23NO3. The summed E-state index contributed by atoms with van der Waals surface area (Å²) < 4.78 is 11.2. The summed E-state index contributed by atoms with van der Waals surface area (Å²) in [5.41, 5.74) is 3.04. The number of benzene rings is 2. The van der Waals surface area contributed by atoms with Crippen LogP contribution in [0.5, 0.6) is 5.75 Å². The molecular weight excluding hydrogens is 326 g/mol. The predicted molar refractivity (Wildman–Crippen MR) is 103 cm³/mol. The molecule has 0 amide bonds. The van der Waals surface area contributed by atoms with Crippen LogP contribution in [0.3, 0.4) is 0 Å². The predicted octanol–water partition coefficient (Wildman–Crippen LogP) is 4.91. The molecule has 0 atom stereocenters. The molecule has 1 aliphatic heterocycles. The Morgan fingerprint density at radius 2 is 1.85 bits per heavy atom. The molecule has 0 saturated carbocycles. The van der Waals surface area contributed by atoms with Crippen LogP contribution in [0, 0.1) is 6.92 Å². The molecule has 0 spiro atoms. The Balaban J connectivity index is 1.81. The molecule has 0 aliphatic carbocycles. The van der Waals surface area contributed by atoms with Crippen LogP contribution in [-0.2, 0) is 9.53 Å². The van der Waals surface area contributed by atoms with Crippen LogP contribution in [0.4, 0.5) is 0 Å². The number of aliphatic imine (C=N–C) groups is 1. The van der Waals surface area contributed by atoms with Gasteiger partial charge >= 0.3 is 5.97 Å². The van der Waals surface area contributed by atoms with Gasteiger partial charge in [0.15, 0.2) is 5.70 Å². The maximum atomic E-state index is 12.2. The zero-order chi connectivity index (χ0) is 18.4. The van der Waals surface area contributed by atoms with Crippen molar-refractivity contribution in [2.75, 3.05) is 6.61 Å². The summed E-state index contributed by atoms with van der Waals surface area (Å²) in [6.45, 7) is 4.83. The molecule has 1 aliphatic rings. The third kappa shape index (κ3) is 4.39. The molecule has 0 bridgehead atoms. The van der Waals surface area contributed by atoms with Gasteiger partial charge in [0.25, 0.3) is 0 Å². The topological polar surface area (TPSA) is 47.9 Å². The third-order valence-corrected chi connectivity index (χ3v) is 4.14. The highest BCUT2D eigenvalue weighted by Gasteiger charge is 2.24. The van der Waals surface area contributed by atoms with Crippen LogP contribution >= 0.6 is 0 Å². The summed E-state index contributed by atoms with van der Waals surface area (Å²) >= 11 is 0. The van der Waals surface area contributed by atoms with Gasteiger partial charge in [-0.2, -0.15) is 0 Å². The van der Waals surface area contributed by atoms with E-state index in [0.717, 1.165) is 41.7 Å². The van der Waals surface area contributed by atoms with Crippen molar-refractivity contribution in [2.45, 2.75) is 33.1 Å². The van der Waals surface area contributed by atoms with E-state index < -0.39 is 5.97 Å². The molecule has 4 heteroatoms. The fourth-order valence-electron chi connectivity index (χ4n) is 2.64. The van der Waals surface area contributed by atoms with Gasteiger partial charge < -0.3 is 9.47 Å². The van der Waals surface area contributed by atoms with E-state index in [-0.39, 0.29) is 5.70 Å². The average Bonchev–Trinajstić information content (AvgIpc) is 3.01. The molecule has 0 aromatic heterocycles. The first-order chi connectivity index (χ1) is 12.7. The average molecular weight is 349 g/mol. The summed E-state index contributed by atoms with van der Waals surface area (Å²) in [6.07, 6.45) is 5.02. The van der Waals surface area contributed by atoms with Gasteiger partial charge in [-0.25, -0.2) is 9.79 Å². The summed E-state index contributed by atoms with van der Waals surface area (Å²) in [7, 11) is 0. The Hall–Kier alpha value is -2.88. The Morgan fingerprint density at radius 1 is 1.08 bits per heavy atom. The molecule has 0 fully saturated rings. The van der Waals surface area contributed by atoms with E-state index in [1.165, 1.54) is 0 Å². The van der Waals surface area contributed by atoms with Gasteiger partial charge in [0.1, 0.15) is 5.75 Å². The minimum Gasteiger partial charge on any atom is -0.493 e.